The Balaban J connectivity index is 2.01. The van der Waals surface area contributed by atoms with Gasteiger partial charge in [0.2, 0.25) is 0 Å². The average molecular weight is 260 g/mol. The summed E-state index contributed by atoms with van der Waals surface area (Å²) in [7, 11) is 0. The Morgan fingerprint density at radius 1 is 1.29 bits per heavy atom. The summed E-state index contributed by atoms with van der Waals surface area (Å²) in [6, 6.07) is 8.09. The maximum absolute atomic E-state index is 11.1. The topological polar surface area (TPSA) is 44.9 Å². The number of carbonyl (C=O) groups is 1. The normalized spacial score (nSPS) is 18.0. The van der Waals surface area contributed by atoms with Gasteiger partial charge in [-0.2, -0.15) is 0 Å². The smallest absolute Gasteiger partial charge is 0.289 e. The number of thioether (sulfide) groups is 1. The highest BCUT2D eigenvalue weighted by atomic mass is 32.2. The van der Waals surface area contributed by atoms with Crippen LogP contribution in [0, 0.1) is 0 Å². The summed E-state index contributed by atoms with van der Waals surface area (Å²) >= 11 is 6.21. The molecule has 0 aliphatic carbocycles. The van der Waals surface area contributed by atoms with Crippen molar-refractivity contribution in [1.29, 1.82) is 0 Å². The lowest BCUT2D eigenvalue weighted by Crippen LogP contribution is -2.15. The molecule has 1 aromatic heterocycles. The van der Waals surface area contributed by atoms with Crippen LogP contribution in [0.5, 0.6) is 0 Å². The minimum Gasteiger partial charge on any atom is -0.361 e. The van der Waals surface area contributed by atoms with Gasteiger partial charge < -0.3 is 10.3 Å². The van der Waals surface area contributed by atoms with Crippen LogP contribution in [0.4, 0.5) is 4.79 Å². The largest absolute Gasteiger partial charge is 0.361 e. The summed E-state index contributed by atoms with van der Waals surface area (Å²) in [4.78, 5) is 15.6. The van der Waals surface area contributed by atoms with E-state index in [1.165, 1.54) is 0 Å². The van der Waals surface area contributed by atoms with Crippen LogP contribution in [0.3, 0.4) is 0 Å². The van der Waals surface area contributed by atoms with Gasteiger partial charge in [-0.3, -0.25) is 4.79 Å². The van der Waals surface area contributed by atoms with Crippen LogP contribution in [-0.4, -0.2) is 15.2 Å². The summed E-state index contributed by atoms with van der Waals surface area (Å²) in [6.07, 6.45) is 3.83. The lowest BCUT2D eigenvalue weighted by atomic mass is 10.1. The fourth-order valence-corrected chi connectivity index (χ4v) is 2.77. The van der Waals surface area contributed by atoms with Gasteiger partial charge >= 0.3 is 0 Å². The molecule has 1 aromatic carbocycles. The summed E-state index contributed by atoms with van der Waals surface area (Å²) < 4.78 is 0. The predicted octanol–water partition coefficient (Wildman–Crippen LogP) is 3.29. The third kappa shape index (κ3) is 1.99. The van der Waals surface area contributed by atoms with Crippen LogP contribution in [0.25, 0.3) is 17.0 Å². The molecule has 5 heteroatoms. The van der Waals surface area contributed by atoms with E-state index in [0.717, 1.165) is 33.1 Å². The molecule has 0 unspecified atom stereocenters. The SMILES string of the molecule is O=C1NC(=S)/C(=C\c2ccc3[nH]ccc3c2)S1. The van der Waals surface area contributed by atoms with Crippen molar-refractivity contribution in [1.82, 2.24) is 10.3 Å². The van der Waals surface area contributed by atoms with Crippen molar-refractivity contribution < 1.29 is 4.79 Å². The monoisotopic (exact) mass is 260 g/mol. The van der Waals surface area contributed by atoms with Crippen LogP contribution in [0.2, 0.25) is 0 Å². The molecule has 1 fully saturated rings. The molecule has 1 aliphatic rings. The van der Waals surface area contributed by atoms with E-state index in [2.05, 4.69) is 16.4 Å². The maximum atomic E-state index is 11.1. The Morgan fingerprint density at radius 2 is 2.18 bits per heavy atom. The van der Waals surface area contributed by atoms with Crippen LogP contribution in [-0.2, 0) is 0 Å². The molecule has 0 spiro atoms. The highest BCUT2D eigenvalue weighted by Gasteiger charge is 2.21. The number of hydrogen-bond donors (Lipinski definition) is 2. The molecular weight excluding hydrogens is 252 g/mol. The molecule has 0 bridgehead atoms. The summed E-state index contributed by atoms with van der Waals surface area (Å²) in [6.45, 7) is 0. The second-order valence-corrected chi connectivity index (χ2v) is 5.10. The van der Waals surface area contributed by atoms with Gasteiger partial charge in [-0.05, 0) is 47.0 Å². The average Bonchev–Trinajstić information content (AvgIpc) is 2.85. The Labute approximate surface area is 107 Å². The number of amides is 1. The van der Waals surface area contributed by atoms with Gasteiger partial charge in [-0.25, -0.2) is 0 Å². The number of nitrogens with one attached hydrogen (secondary N) is 2. The molecule has 1 aliphatic heterocycles. The van der Waals surface area contributed by atoms with Crippen molar-refractivity contribution in [2.75, 3.05) is 0 Å². The predicted molar refractivity (Wildman–Crippen MR) is 75.0 cm³/mol. The third-order valence-electron chi connectivity index (χ3n) is 2.52. The zero-order valence-electron chi connectivity index (χ0n) is 8.69. The highest BCUT2D eigenvalue weighted by molar-refractivity contribution is 8.19. The molecule has 0 radical (unpaired) electrons. The Bertz CT molecular complexity index is 657. The molecule has 0 saturated carbocycles. The molecule has 3 nitrogen and oxygen atoms in total. The van der Waals surface area contributed by atoms with Gasteiger partial charge in [0.25, 0.3) is 5.24 Å². The lowest BCUT2D eigenvalue weighted by molar-refractivity contribution is 0.265. The van der Waals surface area contributed by atoms with Gasteiger partial charge in [-0.1, -0.05) is 18.3 Å². The van der Waals surface area contributed by atoms with Crippen molar-refractivity contribution in [3.63, 3.8) is 0 Å². The molecule has 2 aromatic rings. The number of rotatable bonds is 1. The van der Waals surface area contributed by atoms with E-state index < -0.39 is 0 Å². The first-order chi connectivity index (χ1) is 8.22. The number of hydrogen-bond acceptors (Lipinski definition) is 3. The molecule has 3 rings (SSSR count). The molecule has 0 atom stereocenters. The second-order valence-electron chi connectivity index (χ2n) is 3.68. The fraction of sp³-hybridized carbons (Fsp3) is 0. The van der Waals surface area contributed by atoms with Crippen molar-refractivity contribution in [2.45, 2.75) is 0 Å². The molecule has 2 N–H and O–H groups in total. The van der Waals surface area contributed by atoms with Crippen LogP contribution in [0.1, 0.15) is 5.56 Å². The van der Waals surface area contributed by atoms with Gasteiger partial charge in [0.05, 0.1) is 4.91 Å². The number of aromatic amines is 1. The second kappa shape index (κ2) is 4.01. The molecular formula is C12H8N2OS2. The van der Waals surface area contributed by atoms with E-state index in [9.17, 15) is 4.79 Å². The number of benzene rings is 1. The minimum atomic E-state index is -0.107. The Morgan fingerprint density at radius 3 is 2.94 bits per heavy atom. The first kappa shape index (κ1) is 10.6. The number of H-pyrrole nitrogens is 1. The number of fused-ring (bicyclic) bond motifs is 1. The van der Waals surface area contributed by atoms with Gasteiger partial charge in [0.1, 0.15) is 4.99 Å². The van der Waals surface area contributed by atoms with E-state index in [4.69, 9.17) is 12.2 Å². The maximum Gasteiger partial charge on any atom is 0.289 e. The summed E-state index contributed by atoms with van der Waals surface area (Å²) in [5, 5.41) is 3.64. The van der Waals surface area contributed by atoms with Crippen LogP contribution < -0.4 is 5.32 Å². The van der Waals surface area contributed by atoms with Gasteiger partial charge in [0, 0.05) is 11.7 Å². The number of carbonyl (C=O) groups excluding carboxylic acids is 1. The van der Waals surface area contributed by atoms with Crippen molar-refractivity contribution in [3.05, 3.63) is 40.9 Å². The Kier molecular flexibility index (Phi) is 2.49. The molecule has 1 saturated heterocycles. The van der Waals surface area contributed by atoms with E-state index in [1.807, 2.05) is 30.5 Å². The van der Waals surface area contributed by atoms with E-state index >= 15 is 0 Å². The quantitative estimate of drug-likeness (QED) is 0.611. The standard InChI is InChI=1S/C12H8N2OS2/c15-12-14-11(16)10(17-12)6-7-1-2-9-8(5-7)3-4-13-9/h1-6,13H,(H,14,15,16)/b10-6+. The van der Waals surface area contributed by atoms with Crippen LogP contribution in [0.15, 0.2) is 35.4 Å². The third-order valence-corrected chi connectivity index (χ3v) is 3.80. The summed E-state index contributed by atoms with van der Waals surface area (Å²) in [5.74, 6) is 0. The molecule has 84 valence electrons. The number of aromatic nitrogens is 1. The van der Waals surface area contributed by atoms with Gasteiger partial charge in [0.15, 0.2) is 0 Å². The van der Waals surface area contributed by atoms with E-state index in [-0.39, 0.29) is 5.24 Å². The zero-order valence-corrected chi connectivity index (χ0v) is 10.3. The van der Waals surface area contributed by atoms with Crippen molar-refractivity contribution in [3.8, 4) is 0 Å². The first-order valence-electron chi connectivity index (χ1n) is 5.04. The molecule has 17 heavy (non-hydrogen) atoms. The highest BCUT2D eigenvalue weighted by Crippen LogP contribution is 2.27. The molecule has 2 heterocycles. The van der Waals surface area contributed by atoms with E-state index in [0.29, 0.717) is 4.99 Å². The number of thiocarbonyl (C=S) groups is 1. The van der Waals surface area contributed by atoms with Crippen molar-refractivity contribution in [2.24, 2.45) is 0 Å². The summed E-state index contributed by atoms with van der Waals surface area (Å²) in [5.41, 5.74) is 2.14. The van der Waals surface area contributed by atoms with Crippen LogP contribution >= 0.6 is 24.0 Å². The van der Waals surface area contributed by atoms with Crippen molar-refractivity contribution >= 4 is 51.2 Å². The lowest BCUT2D eigenvalue weighted by Gasteiger charge is -1.97. The minimum absolute atomic E-state index is 0.107. The zero-order chi connectivity index (χ0) is 11.8. The molecule has 1 amide bonds. The Hall–Kier alpha value is -1.59. The fourth-order valence-electron chi connectivity index (χ4n) is 1.73. The van der Waals surface area contributed by atoms with E-state index in [1.54, 1.807) is 0 Å². The first-order valence-corrected chi connectivity index (χ1v) is 6.27. The van der Waals surface area contributed by atoms with Gasteiger partial charge in [-0.15, -0.1) is 0 Å².